The van der Waals surface area contributed by atoms with E-state index in [0.29, 0.717) is 4.80 Å². The molecule has 5 heteroatoms. The van der Waals surface area contributed by atoms with Crippen LogP contribution in [0.15, 0.2) is 48.5 Å². The number of methoxy groups -OCH3 is 2. The molecule has 3 rings (SSSR count). The molecule has 0 aliphatic carbocycles. The van der Waals surface area contributed by atoms with E-state index in [-0.39, 0.29) is 0 Å². The second-order valence-corrected chi connectivity index (χ2v) is 6.10. The van der Waals surface area contributed by atoms with E-state index in [1.54, 1.807) is 14.2 Å². The third kappa shape index (κ3) is 2.87. The predicted molar refractivity (Wildman–Crippen MR) is 93.1 cm³/mol. The van der Waals surface area contributed by atoms with E-state index in [1.807, 2.05) is 60.1 Å². The zero-order chi connectivity index (χ0) is 16.4. The SMILES string of the molecule is COc1ccc(-c2sc(=N)n(C)c2-c2ccc(OC)cc2)cc1. The maximum atomic E-state index is 8.17. The van der Waals surface area contributed by atoms with Gasteiger partial charge in [0.1, 0.15) is 11.5 Å². The molecule has 0 aliphatic rings. The smallest absolute Gasteiger partial charge is 0.182 e. The van der Waals surface area contributed by atoms with Gasteiger partial charge in [-0.15, -0.1) is 0 Å². The summed E-state index contributed by atoms with van der Waals surface area (Å²) in [4.78, 5) is 1.59. The van der Waals surface area contributed by atoms with E-state index in [9.17, 15) is 0 Å². The highest BCUT2D eigenvalue weighted by Gasteiger charge is 2.14. The first-order valence-corrected chi connectivity index (χ1v) is 7.99. The molecule has 0 aliphatic heterocycles. The molecule has 0 fully saturated rings. The number of hydrogen-bond donors (Lipinski definition) is 1. The Morgan fingerprint density at radius 2 is 1.30 bits per heavy atom. The number of nitrogens with zero attached hydrogens (tertiary/aromatic N) is 1. The number of rotatable bonds is 4. The van der Waals surface area contributed by atoms with Crippen molar-refractivity contribution in [3.8, 4) is 33.2 Å². The number of aromatic nitrogens is 1. The molecule has 3 aromatic rings. The first-order valence-electron chi connectivity index (χ1n) is 7.17. The molecule has 0 saturated carbocycles. The topological polar surface area (TPSA) is 47.2 Å². The number of ether oxygens (including phenoxy) is 2. The van der Waals surface area contributed by atoms with E-state index < -0.39 is 0 Å². The average Bonchev–Trinajstić information content (AvgIpc) is 2.90. The summed E-state index contributed by atoms with van der Waals surface area (Å²) in [6, 6.07) is 15.9. The second-order valence-electron chi connectivity index (χ2n) is 5.10. The standard InChI is InChI=1S/C18H18N2O2S/c1-20-16(12-4-8-14(21-2)9-5-12)17(23-18(20)19)13-6-10-15(22-3)11-7-13/h4-11,19H,1-3H3. The lowest BCUT2D eigenvalue weighted by Gasteiger charge is -2.09. The third-order valence-electron chi connectivity index (χ3n) is 3.77. The molecule has 1 N–H and O–H groups in total. The Kier molecular flexibility index (Phi) is 4.21. The normalized spacial score (nSPS) is 10.6. The summed E-state index contributed by atoms with van der Waals surface area (Å²) in [5.74, 6) is 1.65. The Morgan fingerprint density at radius 1 is 0.826 bits per heavy atom. The summed E-state index contributed by atoms with van der Waals surface area (Å²) in [6.45, 7) is 0. The van der Waals surface area contributed by atoms with Gasteiger partial charge in [-0.2, -0.15) is 0 Å². The predicted octanol–water partition coefficient (Wildman–Crippen LogP) is 3.92. The third-order valence-corrected chi connectivity index (χ3v) is 4.87. The summed E-state index contributed by atoms with van der Waals surface area (Å²) in [5, 5.41) is 8.17. The van der Waals surface area contributed by atoms with Gasteiger partial charge in [0.15, 0.2) is 4.80 Å². The van der Waals surface area contributed by atoms with Gasteiger partial charge in [-0.25, -0.2) is 0 Å². The summed E-state index contributed by atoms with van der Waals surface area (Å²) < 4.78 is 12.4. The van der Waals surface area contributed by atoms with E-state index in [1.165, 1.54) is 11.3 Å². The monoisotopic (exact) mass is 326 g/mol. The van der Waals surface area contributed by atoms with Crippen molar-refractivity contribution >= 4 is 11.3 Å². The summed E-state index contributed by atoms with van der Waals surface area (Å²) in [6.07, 6.45) is 0. The highest BCUT2D eigenvalue weighted by Crippen LogP contribution is 2.35. The lowest BCUT2D eigenvalue weighted by Crippen LogP contribution is -2.08. The molecule has 0 unspecified atom stereocenters. The van der Waals surface area contributed by atoms with Crippen molar-refractivity contribution in [2.45, 2.75) is 0 Å². The minimum absolute atomic E-state index is 0.515. The number of thiazole rings is 1. The van der Waals surface area contributed by atoms with E-state index >= 15 is 0 Å². The first-order chi connectivity index (χ1) is 11.1. The molecule has 0 spiro atoms. The molecule has 0 radical (unpaired) electrons. The fourth-order valence-electron chi connectivity index (χ4n) is 2.48. The fourth-order valence-corrected chi connectivity index (χ4v) is 3.51. The molecular weight excluding hydrogens is 308 g/mol. The van der Waals surface area contributed by atoms with Gasteiger partial charge in [0.2, 0.25) is 0 Å². The highest BCUT2D eigenvalue weighted by molar-refractivity contribution is 7.13. The van der Waals surface area contributed by atoms with Crippen molar-refractivity contribution in [3.05, 3.63) is 53.3 Å². The van der Waals surface area contributed by atoms with Gasteiger partial charge >= 0.3 is 0 Å². The lowest BCUT2D eigenvalue weighted by atomic mass is 10.1. The largest absolute Gasteiger partial charge is 0.497 e. The molecule has 0 amide bonds. The molecule has 0 bridgehead atoms. The van der Waals surface area contributed by atoms with Gasteiger partial charge < -0.3 is 14.0 Å². The van der Waals surface area contributed by atoms with Crippen LogP contribution < -0.4 is 14.3 Å². The summed E-state index contributed by atoms with van der Waals surface area (Å²) in [5.41, 5.74) is 3.18. The van der Waals surface area contributed by atoms with E-state index in [2.05, 4.69) is 0 Å². The van der Waals surface area contributed by atoms with Crippen LogP contribution in [0.1, 0.15) is 0 Å². The Labute approximate surface area is 139 Å². The van der Waals surface area contributed by atoms with Gasteiger partial charge in [-0.3, -0.25) is 5.41 Å². The van der Waals surface area contributed by atoms with Crippen molar-refractivity contribution in [2.24, 2.45) is 7.05 Å². The molecule has 0 saturated heterocycles. The van der Waals surface area contributed by atoms with Crippen LogP contribution in [0.3, 0.4) is 0 Å². The minimum atomic E-state index is 0.515. The first kappa shape index (κ1) is 15.4. The fraction of sp³-hybridized carbons (Fsp3) is 0.167. The molecule has 4 nitrogen and oxygen atoms in total. The molecular formula is C18H18N2O2S. The maximum Gasteiger partial charge on any atom is 0.182 e. The van der Waals surface area contributed by atoms with Crippen molar-refractivity contribution in [1.82, 2.24) is 4.57 Å². The van der Waals surface area contributed by atoms with Gasteiger partial charge in [0.25, 0.3) is 0 Å². The highest BCUT2D eigenvalue weighted by atomic mass is 32.1. The van der Waals surface area contributed by atoms with Gasteiger partial charge in [0, 0.05) is 7.05 Å². The van der Waals surface area contributed by atoms with Crippen molar-refractivity contribution in [2.75, 3.05) is 14.2 Å². The number of benzene rings is 2. The Morgan fingerprint density at radius 3 is 1.78 bits per heavy atom. The number of nitrogens with one attached hydrogen (secondary N) is 1. The van der Waals surface area contributed by atoms with Gasteiger partial charge in [-0.05, 0) is 59.7 Å². The summed E-state index contributed by atoms with van der Waals surface area (Å²) in [7, 11) is 5.24. The Bertz CT molecular complexity index is 862. The van der Waals surface area contributed by atoms with E-state index in [4.69, 9.17) is 14.9 Å². The molecule has 0 atom stereocenters. The molecule has 1 heterocycles. The molecule has 2 aromatic carbocycles. The summed E-state index contributed by atoms with van der Waals surface area (Å²) >= 11 is 1.47. The molecule has 118 valence electrons. The van der Waals surface area contributed by atoms with Crippen molar-refractivity contribution in [1.29, 1.82) is 5.41 Å². The van der Waals surface area contributed by atoms with Crippen LogP contribution in [0.2, 0.25) is 0 Å². The molecule has 1 aromatic heterocycles. The van der Waals surface area contributed by atoms with Crippen LogP contribution >= 0.6 is 11.3 Å². The van der Waals surface area contributed by atoms with Crippen molar-refractivity contribution in [3.63, 3.8) is 0 Å². The zero-order valence-corrected chi connectivity index (χ0v) is 14.1. The Balaban J connectivity index is 2.13. The number of hydrogen-bond acceptors (Lipinski definition) is 4. The Hall–Kier alpha value is -2.53. The van der Waals surface area contributed by atoms with Gasteiger partial charge in [0.05, 0.1) is 24.8 Å². The molecule has 23 heavy (non-hydrogen) atoms. The quantitative estimate of drug-likeness (QED) is 0.790. The van der Waals surface area contributed by atoms with Crippen LogP contribution in [0, 0.1) is 5.41 Å². The average molecular weight is 326 g/mol. The van der Waals surface area contributed by atoms with Crippen LogP contribution in [-0.2, 0) is 7.05 Å². The zero-order valence-electron chi connectivity index (χ0n) is 13.3. The second kappa shape index (κ2) is 6.30. The van der Waals surface area contributed by atoms with Crippen LogP contribution in [-0.4, -0.2) is 18.8 Å². The van der Waals surface area contributed by atoms with Crippen LogP contribution in [0.25, 0.3) is 21.7 Å². The van der Waals surface area contributed by atoms with Crippen LogP contribution in [0.4, 0.5) is 0 Å². The lowest BCUT2D eigenvalue weighted by molar-refractivity contribution is 0.414. The van der Waals surface area contributed by atoms with Crippen LogP contribution in [0.5, 0.6) is 11.5 Å². The van der Waals surface area contributed by atoms with Crippen molar-refractivity contribution < 1.29 is 9.47 Å². The maximum absolute atomic E-state index is 8.17. The van der Waals surface area contributed by atoms with E-state index in [0.717, 1.165) is 33.2 Å². The van der Waals surface area contributed by atoms with Gasteiger partial charge in [-0.1, -0.05) is 11.3 Å². The minimum Gasteiger partial charge on any atom is -0.497 e.